The highest BCUT2D eigenvalue weighted by Gasteiger charge is 2.39. The Labute approximate surface area is 109 Å². The Morgan fingerprint density at radius 3 is 2.67 bits per heavy atom. The van der Waals surface area contributed by atoms with Gasteiger partial charge in [-0.15, -0.1) is 0 Å². The van der Waals surface area contributed by atoms with Crippen LogP contribution in [0.4, 0.5) is 0 Å². The lowest BCUT2D eigenvalue weighted by Crippen LogP contribution is -2.39. The van der Waals surface area contributed by atoms with E-state index in [1.165, 1.54) is 32.1 Å². The standard InChI is InChI=1S/C15H25NO2/c17-15(18)12-2-1-3-14(8-12)16-9-13-7-10-4-5-11(13)6-10/h10-14,16H,1-9H2,(H,17,18). The first-order chi connectivity index (χ1) is 8.72. The Morgan fingerprint density at radius 1 is 1.11 bits per heavy atom. The Bertz CT molecular complexity index is 318. The third-order valence-electron chi connectivity index (χ3n) is 5.58. The van der Waals surface area contributed by atoms with E-state index >= 15 is 0 Å². The molecule has 0 heterocycles. The molecule has 18 heavy (non-hydrogen) atoms. The van der Waals surface area contributed by atoms with Crippen molar-refractivity contribution < 1.29 is 9.90 Å². The molecule has 0 aliphatic heterocycles. The first-order valence-corrected chi connectivity index (χ1v) is 7.68. The lowest BCUT2D eigenvalue weighted by molar-refractivity contribution is -0.143. The van der Waals surface area contributed by atoms with Gasteiger partial charge in [-0.3, -0.25) is 4.79 Å². The van der Waals surface area contributed by atoms with Gasteiger partial charge in [-0.05, 0) is 62.8 Å². The molecule has 0 amide bonds. The Hall–Kier alpha value is -0.570. The van der Waals surface area contributed by atoms with Crippen molar-refractivity contribution in [3.8, 4) is 0 Å². The van der Waals surface area contributed by atoms with Gasteiger partial charge in [0.05, 0.1) is 5.92 Å². The number of carboxylic acids is 1. The van der Waals surface area contributed by atoms with E-state index in [9.17, 15) is 4.79 Å². The molecule has 3 saturated carbocycles. The molecule has 3 nitrogen and oxygen atoms in total. The van der Waals surface area contributed by atoms with Crippen LogP contribution < -0.4 is 5.32 Å². The minimum atomic E-state index is -0.596. The largest absolute Gasteiger partial charge is 0.481 e. The first kappa shape index (κ1) is 12.5. The van der Waals surface area contributed by atoms with Crippen LogP contribution >= 0.6 is 0 Å². The zero-order valence-electron chi connectivity index (χ0n) is 11.1. The molecule has 2 bridgehead atoms. The zero-order chi connectivity index (χ0) is 12.5. The average Bonchev–Trinajstić information content (AvgIpc) is 2.99. The summed E-state index contributed by atoms with van der Waals surface area (Å²) in [5.41, 5.74) is 0. The number of carboxylic acid groups (broad SMARTS) is 1. The minimum absolute atomic E-state index is 0.101. The number of fused-ring (bicyclic) bond motifs is 2. The molecule has 0 aromatic carbocycles. The predicted molar refractivity (Wildman–Crippen MR) is 70.3 cm³/mol. The summed E-state index contributed by atoms with van der Waals surface area (Å²) < 4.78 is 0. The van der Waals surface area contributed by atoms with Crippen LogP contribution in [0.1, 0.15) is 51.4 Å². The van der Waals surface area contributed by atoms with Crippen molar-refractivity contribution in [1.29, 1.82) is 0 Å². The van der Waals surface area contributed by atoms with E-state index in [-0.39, 0.29) is 5.92 Å². The Balaban J connectivity index is 1.44. The molecule has 2 N–H and O–H groups in total. The summed E-state index contributed by atoms with van der Waals surface area (Å²) in [4.78, 5) is 11.0. The highest BCUT2D eigenvalue weighted by molar-refractivity contribution is 5.70. The van der Waals surface area contributed by atoms with Crippen LogP contribution in [-0.2, 0) is 4.79 Å². The predicted octanol–water partition coefficient (Wildman–Crippen LogP) is 2.66. The molecule has 0 saturated heterocycles. The van der Waals surface area contributed by atoms with Crippen molar-refractivity contribution in [2.45, 2.75) is 57.4 Å². The molecule has 5 atom stereocenters. The second-order valence-electron chi connectivity index (χ2n) is 6.74. The third-order valence-corrected chi connectivity index (χ3v) is 5.58. The van der Waals surface area contributed by atoms with Crippen LogP contribution in [-0.4, -0.2) is 23.7 Å². The van der Waals surface area contributed by atoms with Gasteiger partial charge in [0.2, 0.25) is 0 Å². The van der Waals surface area contributed by atoms with Gasteiger partial charge < -0.3 is 10.4 Å². The Morgan fingerprint density at radius 2 is 2.00 bits per heavy atom. The molecule has 3 aliphatic rings. The van der Waals surface area contributed by atoms with E-state index in [0.29, 0.717) is 6.04 Å². The molecule has 3 heteroatoms. The number of rotatable bonds is 4. The second kappa shape index (κ2) is 5.20. The van der Waals surface area contributed by atoms with E-state index in [1.54, 1.807) is 0 Å². The first-order valence-electron chi connectivity index (χ1n) is 7.68. The summed E-state index contributed by atoms with van der Waals surface area (Å²) in [6.07, 6.45) is 9.76. The highest BCUT2D eigenvalue weighted by Crippen LogP contribution is 2.48. The van der Waals surface area contributed by atoms with Gasteiger partial charge in [0.1, 0.15) is 0 Å². The fourth-order valence-corrected chi connectivity index (χ4v) is 4.54. The van der Waals surface area contributed by atoms with E-state index in [2.05, 4.69) is 5.32 Å². The maximum absolute atomic E-state index is 11.0. The molecule has 0 aromatic rings. The van der Waals surface area contributed by atoms with E-state index in [0.717, 1.165) is 43.6 Å². The Kier molecular flexibility index (Phi) is 3.60. The molecular weight excluding hydrogens is 226 g/mol. The maximum Gasteiger partial charge on any atom is 0.306 e. The van der Waals surface area contributed by atoms with Gasteiger partial charge in [-0.25, -0.2) is 0 Å². The summed E-state index contributed by atoms with van der Waals surface area (Å²) in [7, 11) is 0. The highest BCUT2D eigenvalue weighted by atomic mass is 16.4. The molecule has 3 fully saturated rings. The summed E-state index contributed by atoms with van der Waals surface area (Å²) in [5.74, 6) is 2.17. The van der Waals surface area contributed by atoms with Crippen molar-refractivity contribution in [3.63, 3.8) is 0 Å². The topological polar surface area (TPSA) is 49.3 Å². The molecule has 3 rings (SSSR count). The second-order valence-corrected chi connectivity index (χ2v) is 6.74. The molecule has 5 unspecified atom stereocenters. The molecule has 102 valence electrons. The van der Waals surface area contributed by atoms with Crippen LogP contribution in [0, 0.1) is 23.7 Å². The van der Waals surface area contributed by atoms with Crippen molar-refractivity contribution in [3.05, 3.63) is 0 Å². The molecule has 0 spiro atoms. The number of hydrogen-bond acceptors (Lipinski definition) is 2. The summed E-state index contributed by atoms with van der Waals surface area (Å²) in [5, 5.41) is 12.8. The van der Waals surface area contributed by atoms with E-state index < -0.39 is 5.97 Å². The van der Waals surface area contributed by atoms with Crippen LogP contribution in [0.5, 0.6) is 0 Å². The van der Waals surface area contributed by atoms with Gasteiger partial charge in [0.15, 0.2) is 0 Å². The zero-order valence-corrected chi connectivity index (χ0v) is 11.1. The van der Waals surface area contributed by atoms with Crippen molar-refractivity contribution >= 4 is 5.97 Å². The number of carbonyl (C=O) groups is 1. The average molecular weight is 251 g/mol. The molecule has 0 aromatic heterocycles. The van der Waals surface area contributed by atoms with Crippen LogP contribution in [0.15, 0.2) is 0 Å². The van der Waals surface area contributed by atoms with Crippen molar-refractivity contribution in [1.82, 2.24) is 5.32 Å². The van der Waals surface area contributed by atoms with Crippen molar-refractivity contribution in [2.75, 3.05) is 6.54 Å². The summed E-state index contributed by atoms with van der Waals surface area (Å²) in [6, 6.07) is 0.457. The van der Waals surface area contributed by atoms with Gasteiger partial charge >= 0.3 is 5.97 Å². The summed E-state index contributed by atoms with van der Waals surface area (Å²) in [6.45, 7) is 1.14. The van der Waals surface area contributed by atoms with Gasteiger partial charge in [0, 0.05) is 6.04 Å². The van der Waals surface area contributed by atoms with Crippen LogP contribution in [0.25, 0.3) is 0 Å². The van der Waals surface area contributed by atoms with Crippen LogP contribution in [0.3, 0.4) is 0 Å². The fraction of sp³-hybridized carbons (Fsp3) is 0.933. The normalized spacial score (nSPS) is 43.2. The smallest absolute Gasteiger partial charge is 0.306 e. The quantitative estimate of drug-likeness (QED) is 0.807. The van der Waals surface area contributed by atoms with Crippen LogP contribution in [0.2, 0.25) is 0 Å². The number of aliphatic carboxylic acids is 1. The van der Waals surface area contributed by atoms with Crippen molar-refractivity contribution in [2.24, 2.45) is 23.7 Å². The number of nitrogens with one attached hydrogen (secondary N) is 1. The van der Waals surface area contributed by atoms with E-state index in [4.69, 9.17) is 5.11 Å². The molecule has 0 radical (unpaired) electrons. The minimum Gasteiger partial charge on any atom is -0.481 e. The SMILES string of the molecule is O=C(O)C1CCCC(NCC2CC3CCC2C3)C1. The van der Waals surface area contributed by atoms with Gasteiger partial charge in [0.25, 0.3) is 0 Å². The monoisotopic (exact) mass is 251 g/mol. The van der Waals surface area contributed by atoms with Gasteiger partial charge in [-0.1, -0.05) is 12.8 Å². The van der Waals surface area contributed by atoms with Gasteiger partial charge in [-0.2, -0.15) is 0 Å². The van der Waals surface area contributed by atoms with E-state index in [1.807, 2.05) is 0 Å². The molecule has 3 aliphatic carbocycles. The number of hydrogen-bond donors (Lipinski definition) is 2. The summed E-state index contributed by atoms with van der Waals surface area (Å²) >= 11 is 0. The fourth-order valence-electron chi connectivity index (χ4n) is 4.54. The lowest BCUT2D eigenvalue weighted by atomic mass is 9.84. The maximum atomic E-state index is 11.0. The molecular formula is C15H25NO2. The third kappa shape index (κ3) is 2.56. The lowest BCUT2D eigenvalue weighted by Gasteiger charge is -2.30.